The lowest BCUT2D eigenvalue weighted by molar-refractivity contribution is 0.413. The topological polar surface area (TPSA) is 53.6 Å². The minimum absolute atomic E-state index is 0.259. The maximum absolute atomic E-state index is 8.94. The van der Waals surface area contributed by atoms with Crippen LogP contribution >= 0.6 is 0 Å². The summed E-state index contributed by atoms with van der Waals surface area (Å²) in [6.07, 6.45) is 5.88. The van der Waals surface area contributed by atoms with Crippen LogP contribution in [0.15, 0.2) is 12.5 Å². The summed E-state index contributed by atoms with van der Waals surface area (Å²) in [4.78, 5) is 4.33. The highest BCUT2D eigenvalue weighted by Gasteiger charge is 2.16. The van der Waals surface area contributed by atoms with Crippen molar-refractivity contribution < 1.29 is 0 Å². The second-order valence-electron chi connectivity index (χ2n) is 5.03. The summed E-state index contributed by atoms with van der Waals surface area (Å²) in [7, 11) is 0. The van der Waals surface area contributed by atoms with Gasteiger partial charge in [-0.05, 0) is 33.2 Å². The maximum atomic E-state index is 8.94. The van der Waals surface area contributed by atoms with Crippen LogP contribution in [0, 0.1) is 16.7 Å². The number of aromatic nitrogens is 2. The Morgan fingerprint density at radius 2 is 2.29 bits per heavy atom. The van der Waals surface area contributed by atoms with Gasteiger partial charge in [-0.1, -0.05) is 6.92 Å². The molecule has 1 rings (SSSR count). The van der Waals surface area contributed by atoms with Crippen molar-refractivity contribution in [1.82, 2.24) is 14.9 Å². The lowest BCUT2D eigenvalue weighted by atomic mass is 9.91. The molecule has 0 aliphatic heterocycles. The van der Waals surface area contributed by atoms with E-state index in [4.69, 9.17) is 5.26 Å². The molecule has 0 bridgehead atoms. The number of nitrogens with one attached hydrogen (secondary N) is 1. The van der Waals surface area contributed by atoms with E-state index in [0.29, 0.717) is 0 Å². The zero-order valence-corrected chi connectivity index (χ0v) is 11.0. The predicted molar refractivity (Wildman–Crippen MR) is 68.2 cm³/mol. The van der Waals surface area contributed by atoms with Crippen LogP contribution in [-0.4, -0.2) is 16.1 Å². The van der Waals surface area contributed by atoms with Gasteiger partial charge in [0.2, 0.25) is 0 Å². The Labute approximate surface area is 104 Å². The van der Waals surface area contributed by atoms with E-state index in [9.17, 15) is 0 Å². The van der Waals surface area contributed by atoms with Gasteiger partial charge in [-0.3, -0.25) is 0 Å². The van der Waals surface area contributed by atoms with Crippen molar-refractivity contribution in [3.63, 3.8) is 0 Å². The SMILES string of the molecule is CCCNCc1cn(CCC(C)(C)C#N)cn1. The molecule has 0 unspecified atom stereocenters. The largest absolute Gasteiger partial charge is 0.337 e. The summed E-state index contributed by atoms with van der Waals surface area (Å²) in [5.41, 5.74) is 0.804. The van der Waals surface area contributed by atoms with Crippen molar-refractivity contribution in [2.24, 2.45) is 5.41 Å². The van der Waals surface area contributed by atoms with E-state index in [-0.39, 0.29) is 5.41 Å². The highest BCUT2D eigenvalue weighted by atomic mass is 15.0. The molecular formula is C13H22N4. The first-order chi connectivity index (χ1) is 8.07. The van der Waals surface area contributed by atoms with Crippen molar-refractivity contribution >= 4 is 0 Å². The van der Waals surface area contributed by atoms with Gasteiger partial charge in [-0.15, -0.1) is 0 Å². The van der Waals surface area contributed by atoms with E-state index in [1.54, 1.807) is 0 Å². The molecule has 1 aromatic rings. The van der Waals surface area contributed by atoms with E-state index in [2.05, 4.69) is 34.1 Å². The van der Waals surface area contributed by atoms with Crippen molar-refractivity contribution in [2.75, 3.05) is 6.54 Å². The van der Waals surface area contributed by atoms with Gasteiger partial charge in [0.15, 0.2) is 0 Å². The van der Waals surface area contributed by atoms with Gasteiger partial charge in [0.25, 0.3) is 0 Å². The van der Waals surface area contributed by atoms with E-state index in [1.807, 2.05) is 20.2 Å². The average Bonchev–Trinajstić information content (AvgIpc) is 2.75. The lowest BCUT2D eigenvalue weighted by Gasteiger charge is -2.14. The molecule has 0 atom stereocenters. The zero-order chi connectivity index (χ0) is 12.7. The first-order valence-corrected chi connectivity index (χ1v) is 6.20. The molecule has 0 spiro atoms. The molecule has 4 nitrogen and oxygen atoms in total. The molecule has 0 radical (unpaired) electrons. The summed E-state index contributed by atoms with van der Waals surface area (Å²) < 4.78 is 2.06. The van der Waals surface area contributed by atoms with Crippen LogP contribution in [0.5, 0.6) is 0 Å². The Hall–Kier alpha value is -1.34. The molecule has 17 heavy (non-hydrogen) atoms. The maximum Gasteiger partial charge on any atom is 0.0949 e. The van der Waals surface area contributed by atoms with Crippen molar-refractivity contribution in [3.05, 3.63) is 18.2 Å². The van der Waals surface area contributed by atoms with Crippen molar-refractivity contribution in [2.45, 2.75) is 46.7 Å². The Balaban J connectivity index is 2.38. The molecule has 1 N–H and O–H groups in total. The van der Waals surface area contributed by atoms with Gasteiger partial charge in [0.1, 0.15) is 0 Å². The Bertz CT molecular complexity index is 373. The standard InChI is InChI=1S/C13H22N4/c1-4-6-15-8-12-9-17(11-16-12)7-5-13(2,3)10-14/h9,11,15H,4-8H2,1-3H3. The minimum atomic E-state index is -0.259. The molecule has 0 fully saturated rings. The second kappa shape index (κ2) is 6.41. The Kier molecular flexibility index (Phi) is 5.17. The molecule has 94 valence electrons. The summed E-state index contributed by atoms with van der Waals surface area (Å²) in [6.45, 7) is 8.77. The van der Waals surface area contributed by atoms with Crippen LogP contribution < -0.4 is 5.32 Å². The van der Waals surface area contributed by atoms with Crippen LogP contribution in [0.25, 0.3) is 0 Å². The first kappa shape index (κ1) is 13.7. The lowest BCUT2D eigenvalue weighted by Crippen LogP contribution is -2.14. The fourth-order valence-electron chi connectivity index (χ4n) is 1.48. The third kappa shape index (κ3) is 5.01. The smallest absolute Gasteiger partial charge is 0.0949 e. The minimum Gasteiger partial charge on any atom is -0.337 e. The highest BCUT2D eigenvalue weighted by molar-refractivity contribution is 4.97. The number of hydrogen-bond donors (Lipinski definition) is 1. The molecule has 1 aromatic heterocycles. The van der Waals surface area contributed by atoms with Crippen LogP contribution in [-0.2, 0) is 13.1 Å². The van der Waals surface area contributed by atoms with Crippen LogP contribution in [0.4, 0.5) is 0 Å². The van der Waals surface area contributed by atoms with E-state index >= 15 is 0 Å². The van der Waals surface area contributed by atoms with E-state index in [1.165, 1.54) is 0 Å². The van der Waals surface area contributed by atoms with Crippen LogP contribution in [0.1, 0.15) is 39.3 Å². The molecule has 0 aromatic carbocycles. The molecule has 0 aliphatic rings. The number of rotatable bonds is 7. The van der Waals surface area contributed by atoms with Gasteiger partial charge in [0.05, 0.1) is 23.5 Å². The third-order valence-electron chi connectivity index (χ3n) is 2.72. The van der Waals surface area contributed by atoms with Gasteiger partial charge in [-0.25, -0.2) is 4.98 Å². The van der Waals surface area contributed by atoms with Gasteiger partial charge in [-0.2, -0.15) is 5.26 Å². The molecule has 0 saturated heterocycles. The Morgan fingerprint density at radius 1 is 1.53 bits per heavy atom. The summed E-state index contributed by atoms with van der Waals surface area (Å²) in [5, 5.41) is 12.3. The van der Waals surface area contributed by atoms with Crippen molar-refractivity contribution in [1.29, 1.82) is 5.26 Å². The molecule has 1 heterocycles. The predicted octanol–water partition coefficient (Wildman–Crippen LogP) is 2.32. The average molecular weight is 234 g/mol. The van der Waals surface area contributed by atoms with Gasteiger partial charge in [0, 0.05) is 19.3 Å². The first-order valence-electron chi connectivity index (χ1n) is 6.20. The quantitative estimate of drug-likeness (QED) is 0.737. The number of nitrogens with zero attached hydrogens (tertiary/aromatic N) is 3. The van der Waals surface area contributed by atoms with Crippen LogP contribution in [0.2, 0.25) is 0 Å². The third-order valence-corrected chi connectivity index (χ3v) is 2.72. The van der Waals surface area contributed by atoms with Crippen LogP contribution in [0.3, 0.4) is 0 Å². The number of aryl methyl sites for hydroxylation is 1. The van der Waals surface area contributed by atoms with Gasteiger partial charge >= 0.3 is 0 Å². The number of imidazole rings is 1. The fourth-order valence-corrected chi connectivity index (χ4v) is 1.48. The highest BCUT2D eigenvalue weighted by Crippen LogP contribution is 2.19. The van der Waals surface area contributed by atoms with Crippen molar-refractivity contribution in [3.8, 4) is 6.07 Å². The molecule has 4 heteroatoms. The summed E-state index contributed by atoms with van der Waals surface area (Å²) in [5.74, 6) is 0. The molecule has 0 aliphatic carbocycles. The monoisotopic (exact) mass is 234 g/mol. The normalized spacial score (nSPS) is 11.4. The molecular weight excluding hydrogens is 212 g/mol. The Morgan fingerprint density at radius 3 is 2.94 bits per heavy atom. The summed E-state index contributed by atoms with van der Waals surface area (Å²) in [6, 6.07) is 2.31. The second-order valence-corrected chi connectivity index (χ2v) is 5.03. The van der Waals surface area contributed by atoms with E-state index < -0.39 is 0 Å². The van der Waals surface area contributed by atoms with Gasteiger partial charge < -0.3 is 9.88 Å². The summed E-state index contributed by atoms with van der Waals surface area (Å²) >= 11 is 0. The number of nitriles is 1. The zero-order valence-electron chi connectivity index (χ0n) is 11.0. The number of hydrogen-bond acceptors (Lipinski definition) is 3. The molecule has 0 amide bonds. The van der Waals surface area contributed by atoms with E-state index in [0.717, 1.165) is 38.2 Å². The molecule has 0 saturated carbocycles. The fraction of sp³-hybridized carbons (Fsp3) is 0.692.